The molecule has 92 valence electrons. The monoisotopic (exact) mass is 241 g/mol. The fraction of sp³-hybridized carbons (Fsp3) is 0.556. The number of H-pyrrole nitrogens is 1. The lowest BCUT2D eigenvalue weighted by molar-refractivity contribution is -0.0308. The number of aromatic amines is 1. The Morgan fingerprint density at radius 3 is 2.88 bits per heavy atom. The molecule has 8 heteroatoms. The van der Waals surface area contributed by atoms with E-state index >= 15 is 0 Å². The number of ether oxygens (including phenoxy) is 1. The van der Waals surface area contributed by atoms with Gasteiger partial charge in [-0.2, -0.15) is 0 Å². The Morgan fingerprint density at radius 2 is 2.12 bits per heavy atom. The summed E-state index contributed by atoms with van der Waals surface area (Å²) >= 11 is 0. The number of rotatable bonds is 0. The third-order valence-electron chi connectivity index (χ3n) is 3.05. The number of hydrogen-bond acceptors (Lipinski definition) is 6. The van der Waals surface area contributed by atoms with Gasteiger partial charge in [0, 0.05) is 12.6 Å². The Morgan fingerprint density at radius 1 is 1.35 bits per heavy atom. The van der Waals surface area contributed by atoms with E-state index in [-0.39, 0.29) is 12.4 Å². The molecule has 0 aliphatic carbocycles. The van der Waals surface area contributed by atoms with Crippen LogP contribution in [0, 0.1) is 0 Å². The minimum absolute atomic E-state index is 0.220. The van der Waals surface area contributed by atoms with E-state index in [9.17, 15) is 19.8 Å². The number of aromatic nitrogens is 2. The van der Waals surface area contributed by atoms with Crippen molar-refractivity contribution in [3.05, 3.63) is 26.9 Å². The van der Waals surface area contributed by atoms with Gasteiger partial charge in [-0.25, -0.2) is 9.36 Å². The highest BCUT2D eigenvalue weighted by molar-refractivity contribution is 5.36. The van der Waals surface area contributed by atoms with Crippen LogP contribution in [-0.4, -0.2) is 44.6 Å². The zero-order valence-corrected chi connectivity index (χ0v) is 8.66. The van der Waals surface area contributed by atoms with E-state index in [2.05, 4.69) is 10.3 Å². The van der Waals surface area contributed by atoms with Crippen molar-refractivity contribution in [2.45, 2.75) is 24.5 Å². The Balaban J connectivity index is 2.20. The van der Waals surface area contributed by atoms with Crippen molar-refractivity contribution in [3.63, 3.8) is 0 Å². The summed E-state index contributed by atoms with van der Waals surface area (Å²) in [5.74, 6) is 0.275. The fourth-order valence-corrected chi connectivity index (χ4v) is 2.21. The first-order valence-corrected chi connectivity index (χ1v) is 5.19. The lowest BCUT2D eigenvalue weighted by Gasteiger charge is -2.21. The van der Waals surface area contributed by atoms with Crippen LogP contribution in [0.15, 0.2) is 15.7 Å². The van der Waals surface area contributed by atoms with Crippen molar-refractivity contribution in [3.8, 4) is 0 Å². The molecule has 0 amide bonds. The van der Waals surface area contributed by atoms with Crippen LogP contribution in [0.3, 0.4) is 0 Å². The van der Waals surface area contributed by atoms with Crippen LogP contribution in [0.5, 0.6) is 0 Å². The number of anilines is 1. The Bertz CT molecular complexity index is 564. The second-order valence-electron chi connectivity index (χ2n) is 4.12. The van der Waals surface area contributed by atoms with E-state index in [4.69, 9.17) is 4.74 Å². The van der Waals surface area contributed by atoms with E-state index in [1.54, 1.807) is 0 Å². The van der Waals surface area contributed by atoms with Gasteiger partial charge >= 0.3 is 5.69 Å². The molecule has 1 aromatic heterocycles. The maximum atomic E-state index is 11.7. The highest BCUT2D eigenvalue weighted by Gasteiger charge is 2.46. The Kier molecular flexibility index (Phi) is 2.12. The number of hydrogen-bond donors (Lipinski definition) is 4. The standard InChI is InChI=1S/C9H11N3O5/c13-5-1-4-10-2-3-6(14)7(15)8(17-3)12(4)9(16)11-5/h1,3,6-8,10,14-15H,2H2,(H,11,13,16)/t3-,6+,7?,8-/m1/s1. The van der Waals surface area contributed by atoms with E-state index in [1.807, 2.05) is 0 Å². The lowest BCUT2D eigenvalue weighted by Crippen LogP contribution is -2.41. The molecule has 0 radical (unpaired) electrons. The summed E-state index contributed by atoms with van der Waals surface area (Å²) in [6.07, 6.45) is -3.84. The van der Waals surface area contributed by atoms with Crippen LogP contribution < -0.4 is 16.6 Å². The van der Waals surface area contributed by atoms with Gasteiger partial charge < -0.3 is 20.3 Å². The van der Waals surface area contributed by atoms with E-state index in [1.165, 1.54) is 6.07 Å². The van der Waals surface area contributed by atoms with Gasteiger partial charge in [-0.1, -0.05) is 0 Å². The van der Waals surface area contributed by atoms with Crippen LogP contribution in [0.2, 0.25) is 0 Å². The van der Waals surface area contributed by atoms with Crippen LogP contribution in [0.25, 0.3) is 0 Å². The minimum atomic E-state index is -1.19. The first kappa shape index (κ1) is 10.5. The summed E-state index contributed by atoms with van der Waals surface area (Å²) in [6, 6.07) is 1.21. The predicted molar refractivity (Wildman–Crippen MR) is 55.7 cm³/mol. The maximum Gasteiger partial charge on any atom is 0.332 e. The summed E-state index contributed by atoms with van der Waals surface area (Å²) in [4.78, 5) is 24.9. The molecule has 3 rings (SSSR count). The van der Waals surface area contributed by atoms with Crippen molar-refractivity contribution in [1.82, 2.24) is 9.55 Å². The first-order chi connectivity index (χ1) is 8.08. The molecule has 4 N–H and O–H groups in total. The van der Waals surface area contributed by atoms with Crippen LogP contribution in [0.1, 0.15) is 6.23 Å². The van der Waals surface area contributed by atoms with Crippen molar-refractivity contribution in [2.24, 2.45) is 0 Å². The largest absolute Gasteiger partial charge is 0.387 e. The number of fused-ring (bicyclic) bond motifs is 4. The van der Waals surface area contributed by atoms with Gasteiger partial charge in [-0.05, 0) is 0 Å². The summed E-state index contributed by atoms with van der Waals surface area (Å²) in [6.45, 7) is 0.220. The number of nitrogens with zero attached hydrogens (tertiary/aromatic N) is 1. The topological polar surface area (TPSA) is 117 Å². The van der Waals surface area contributed by atoms with Crippen molar-refractivity contribution in [1.29, 1.82) is 0 Å². The molecule has 1 aromatic rings. The summed E-state index contributed by atoms with van der Waals surface area (Å²) in [5.41, 5.74) is -1.21. The summed E-state index contributed by atoms with van der Waals surface area (Å²) in [7, 11) is 0. The maximum absolute atomic E-state index is 11.7. The minimum Gasteiger partial charge on any atom is -0.387 e. The molecule has 17 heavy (non-hydrogen) atoms. The molecule has 2 aliphatic rings. The molecule has 1 fully saturated rings. The third kappa shape index (κ3) is 1.42. The average Bonchev–Trinajstić information content (AvgIpc) is 2.49. The second-order valence-corrected chi connectivity index (χ2v) is 4.12. The first-order valence-electron chi connectivity index (χ1n) is 5.19. The molecule has 3 heterocycles. The number of nitrogens with one attached hydrogen (secondary N) is 2. The molecule has 0 aromatic carbocycles. The SMILES string of the molecule is O=c1cc2n(c(=O)[nH]1)[C@@H]1O[C@H](CN2)[C@H](O)C1O. The Hall–Kier alpha value is -1.64. The van der Waals surface area contributed by atoms with E-state index < -0.39 is 35.8 Å². The van der Waals surface area contributed by atoms with Gasteiger partial charge in [0.2, 0.25) is 0 Å². The van der Waals surface area contributed by atoms with Gasteiger partial charge in [0.05, 0.1) is 0 Å². The predicted octanol–water partition coefficient (Wildman–Crippen LogP) is -2.42. The van der Waals surface area contributed by atoms with Gasteiger partial charge in [0.25, 0.3) is 5.56 Å². The smallest absolute Gasteiger partial charge is 0.332 e. The number of aliphatic hydroxyl groups is 2. The molecule has 1 saturated heterocycles. The zero-order valence-electron chi connectivity index (χ0n) is 8.66. The van der Waals surface area contributed by atoms with Crippen LogP contribution >= 0.6 is 0 Å². The second kappa shape index (κ2) is 3.42. The Labute approximate surface area is 94.5 Å². The lowest BCUT2D eigenvalue weighted by atomic mass is 10.1. The van der Waals surface area contributed by atoms with Crippen molar-refractivity contribution in [2.75, 3.05) is 11.9 Å². The van der Waals surface area contributed by atoms with E-state index in [0.29, 0.717) is 0 Å². The van der Waals surface area contributed by atoms with Crippen LogP contribution in [0.4, 0.5) is 5.82 Å². The quantitative estimate of drug-likeness (QED) is 0.401. The van der Waals surface area contributed by atoms with Gasteiger partial charge in [0.15, 0.2) is 6.23 Å². The van der Waals surface area contributed by atoms with Gasteiger partial charge in [-0.3, -0.25) is 9.78 Å². The highest BCUT2D eigenvalue weighted by Crippen LogP contribution is 2.32. The van der Waals surface area contributed by atoms with Crippen LogP contribution in [-0.2, 0) is 4.74 Å². The molecular weight excluding hydrogens is 230 g/mol. The van der Waals surface area contributed by atoms with Gasteiger partial charge in [-0.15, -0.1) is 0 Å². The van der Waals surface area contributed by atoms with Crippen molar-refractivity contribution < 1.29 is 14.9 Å². The molecule has 2 bridgehead atoms. The molecule has 2 aliphatic heterocycles. The normalized spacial score (nSPS) is 34.9. The van der Waals surface area contributed by atoms with Crippen molar-refractivity contribution >= 4 is 5.82 Å². The molecule has 0 spiro atoms. The number of aliphatic hydroxyl groups excluding tert-OH is 2. The summed E-state index contributed by atoms with van der Waals surface area (Å²) in [5, 5.41) is 22.3. The van der Waals surface area contributed by atoms with E-state index in [0.717, 1.165) is 4.57 Å². The molecule has 8 nitrogen and oxygen atoms in total. The molecule has 0 saturated carbocycles. The van der Waals surface area contributed by atoms with Gasteiger partial charge in [0.1, 0.15) is 24.1 Å². The third-order valence-corrected chi connectivity index (χ3v) is 3.05. The average molecular weight is 241 g/mol. The molecule has 1 unspecified atom stereocenters. The highest BCUT2D eigenvalue weighted by atomic mass is 16.6. The fourth-order valence-electron chi connectivity index (χ4n) is 2.21. The molecule has 4 atom stereocenters. The zero-order chi connectivity index (χ0) is 12.2. The molecular formula is C9H11N3O5. The summed E-state index contributed by atoms with van der Waals surface area (Å²) < 4.78 is 6.47.